The molecule has 1 aliphatic carbocycles. The van der Waals surface area contributed by atoms with Crippen LogP contribution in [0.1, 0.15) is 53.4 Å². The Morgan fingerprint density at radius 3 is 2.62 bits per heavy atom. The number of hydrogen-bond donors (Lipinski definition) is 0. The number of carbonyl (C=O) groups is 1. The number of ether oxygens (including phenoxy) is 1. The zero-order valence-electron chi connectivity index (χ0n) is 10.7. The molecule has 0 saturated heterocycles. The summed E-state index contributed by atoms with van der Waals surface area (Å²) in [6, 6.07) is 2.32. The minimum atomic E-state index is -0.433. The number of nitrogens with zero attached hydrogens (tertiary/aromatic N) is 1. The van der Waals surface area contributed by atoms with Gasteiger partial charge in [-0.2, -0.15) is 5.26 Å². The second-order valence-electron chi connectivity index (χ2n) is 6.00. The highest BCUT2D eigenvalue weighted by atomic mass is 16.6. The first kappa shape index (κ1) is 13.0. The van der Waals surface area contributed by atoms with Gasteiger partial charge < -0.3 is 4.74 Å². The molecule has 0 amide bonds. The van der Waals surface area contributed by atoms with Crippen LogP contribution in [-0.4, -0.2) is 11.6 Å². The molecule has 1 fully saturated rings. The molecule has 0 heterocycles. The number of nitriles is 1. The first-order valence-corrected chi connectivity index (χ1v) is 5.90. The van der Waals surface area contributed by atoms with Crippen molar-refractivity contribution in [1.29, 1.82) is 5.26 Å². The van der Waals surface area contributed by atoms with E-state index >= 15 is 0 Å². The van der Waals surface area contributed by atoms with Gasteiger partial charge in [0.1, 0.15) is 5.60 Å². The van der Waals surface area contributed by atoms with Crippen LogP contribution in [0.4, 0.5) is 0 Å². The Kier molecular flexibility index (Phi) is 3.62. The summed E-state index contributed by atoms with van der Waals surface area (Å²) in [4.78, 5) is 11.9. The summed E-state index contributed by atoms with van der Waals surface area (Å²) in [5.41, 5.74) is -0.780. The molecule has 0 spiro atoms. The van der Waals surface area contributed by atoms with Gasteiger partial charge in [-0.3, -0.25) is 4.79 Å². The molecular formula is C13H21NO2. The average molecular weight is 223 g/mol. The molecule has 0 aromatic carbocycles. The van der Waals surface area contributed by atoms with Crippen LogP contribution in [0.15, 0.2) is 0 Å². The van der Waals surface area contributed by atoms with Crippen molar-refractivity contribution >= 4 is 5.97 Å². The van der Waals surface area contributed by atoms with E-state index in [1.54, 1.807) is 0 Å². The maximum atomic E-state index is 11.9. The first-order valence-electron chi connectivity index (χ1n) is 5.90. The lowest BCUT2D eigenvalue weighted by Crippen LogP contribution is -2.34. The van der Waals surface area contributed by atoms with Crippen molar-refractivity contribution < 1.29 is 9.53 Å². The smallest absolute Gasteiger partial charge is 0.309 e. The Morgan fingerprint density at radius 2 is 2.12 bits per heavy atom. The van der Waals surface area contributed by atoms with Gasteiger partial charge in [0.15, 0.2) is 0 Å². The van der Waals surface area contributed by atoms with Crippen molar-refractivity contribution in [3.05, 3.63) is 0 Å². The molecule has 2 atom stereocenters. The molecule has 3 nitrogen and oxygen atoms in total. The third-order valence-electron chi connectivity index (χ3n) is 2.99. The van der Waals surface area contributed by atoms with E-state index in [1.807, 2.05) is 27.7 Å². The SMILES string of the molecule is CC1(C#N)CCCC(C(=O)OC(C)(C)C)C1. The van der Waals surface area contributed by atoms with Crippen LogP contribution in [-0.2, 0) is 9.53 Å². The Labute approximate surface area is 97.8 Å². The summed E-state index contributed by atoms with van der Waals surface area (Å²) < 4.78 is 5.37. The third-order valence-corrected chi connectivity index (χ3v) is 2.99. The van der Waals surface area contributed by atoms with Crippen molar-refractivity contribution in [2.24, 2.45) is 11.3 Å². The lowest BCUT2D eigenvalue weighted by molar-refractivity contribution is -0.162. The van der Waals surface area contributed by atoms with Gasteiger partial charge in [-0.05, 0) is 47.0 Å². The molecule has 1 rings (SSSR count). The summed E-state index contributed by atoms with van der Waals surface area (Å²) in [5, 5.41) is 9.08. The summed E-state index contributed by atoms with van der Waals surface area (Å²) in [7, 11) is 0. The molecule has 0 aromatic rings. The van der Waals surface area contributed by atoms with E-state index in [0.717, 1.165) is 19.3 Å². The molecule has 16 heavy (non-hydrogen) atoms. The van der Waals surface area contributed by atoms with Gasteiger partial charge in [0.05, 0.1) is 17.4 Å². The fraction of sp³-hybridized carbons (Fsp3) is 0.846. The highest BCUT2D eigenvalue weighted by Gasteiger charge is 2.37. The molecule has 3 heteroatoms. The van der Waals surface area contributed by atoms with Crippen LogP contribution in [0.3, 0.4) is 0 Å². The highest BCUT2D eigenvalue weighted by molar-refractivity contribution is 5.73. The summed E-state index contributed by atoms with van der Waals surface area (Å²) >= 11 is 0. The van der Waals surface area contributed by atoms with Gasteiger partial charge in [0, 0.05) is 0 Å². The zero-order chi connectivity index (χ0) is 12.4. The van der Waals surface area contributed by atoms with Gasteiger partial charge in [-0.15, -0.1) is 0 Å². The average Bonchev–Trinajstić information content (AvgIpc) is 2.15. The predicted octanol–water partition coefficient (Wildman–Crippen LogP) is 3.05. The van der Waals surface area contributed by atoms with E-state index < -0.39 is 5.60 Å². The van der Waals surface area contributed by atoms with Gasteiger partial charge in [-0.25, -0.2) is 0 Å². The van der Waals surface area contributed by atoms with E-state index in [9.17, 15) is 4.79 Å². The van der Waals surface area contributed by atoms with Crippen LogP contribution >= 0.6 is 0 Å². The van der Waals surface area contributed by atoms with Crippen LogP contribution in [0.25, 0.3) is 0 Å². The fourth-order valence-electron chi connectivity index (χ4n) is 2.17. The van der Waals surface area contributed by atoms with E-state index in [1.165, 1.54) is 0 Å². The molecule has 1 saturated carbocycles. The van der Waals surface area contributed by atoms with Crippen molar-refractivity contribution in [3.63, 3.8) is 0 Å². The summed E-state index contributed by atoms with van der Waals surface area (Å²) in [5.74, 6) is -0.244. The number of rotatable bonds is 1. The maximum absolute atomic E-state index is 11.9. The van der Waals surface area contributed by atoms with Crippen LogP contribution < -0.4 is 0 Å². The molecule has 0 bridgehead atoms. The van der Waals surface area contributed by atoms with Gasteiger partial charge in [0.2, 0.25) is 0 Å². The molecule has 1 aliphatic rings. The normalized spacial score (nSPS) is 30.6. The number of carbonyl (C=O) groups excluding carboxylic acids is 1. The molecule has 0 aliphatic heterocycles. The molecule has 0 aromatic heterocycles. The van der Waals surface area contributed by atoms with Crippen molar-refractivity contribution in [3.8, 4) is 6.07 Å². The maximum Gasteiger partial charge on any atom is 0.309 e. The molecule has 0 N–H and O–H groups in total. The molecule has 90 valence electrons. The van der Waals surface area contributed by atoms with Crippen molar-refractivity contribution in [1.82, 2.24) is 0 Å². The van der Waals surface area contributed by atoms with Crippen LogP contribution in [0.5, 0.6) is 0 Å². The van der Waals surface area contributed by atoms with E-state index in [4.69, 9.17) is 10.00 Å². The first-order chi connectivity index (χ1) is 7.26. The Hall–Kier alpha value is -1.04. The number of hydrogen-bond acceptors (Lipinski definition) is 3. The topological polar surface area (TPSA) is 50.1 Å². The van der Waals surface area contributed by atoms with E-state index in [0.29, 0.717) is 6.42 Å². The quantitative estimate of drug-likeness (QED) is 0.642. The molecule has 0 radical (unpaired) electrons. The van der Waals surface area contributed by atoms with Crippen LogP contribution in [0.2, 0.25) is 0 Å². The second-order valence-corrected chi connectivity index (χ2v) is 6.00. The lowest BCUT2D eigenvalue weighted by atomic mass is 9.72. The minimum absolute atomic E-state index is 0.0994. The van der Waals surface area contributed by atoms with E-state index in [-0.39, 0.29) is 17.3 Å². The van der Waals surface area contributed by atoms with Crippen LogP contribution in [0, 0.1) is 22.7 Å². The summed E-state index contributed by atoms with van der Waals surface area (Å²) in [6.07, 6.45) is 3.32. The zero-order valence-corrected chi connectivity index (χ0v) is 10.7. The largest absolute Gasteiger partial charge is 0.460 e. The molecular weight excluding hydrogens is 202 g/mol. The van der Waals surface area contributed by atoms with Crippen molar-refractivity contribution in [2.45, 2.75) is 59.0 Å². The Balaban J connectivity index is 2.62. The summed E-state index contributed by atoms with van der Waals surface area (Å²) in [6.45, 7) is 7.55. The second kappa shape index (κ2) is 4.45. The van der Waals surface area contributed by atoms with E-state index in [2.05, 4.69) is 6.07 Å². The predicted molar refractivity (Wildman–Crippen MR) is 61.5 cm³/mol. The van der Waals surface area contributed by atoms with Gasteiger partial charge in [-0.1, -0.05) is 6.42 Å². The lowest BCUT2D eigenvalue weighted by Gasteiger charge is -2.33. The third kappa shape index (κ3) is 3.52. The fourth-order valence-corrected chi connectivity index (χ4v) is 2.17. The van der Waals surface area contributed by atoms with Gasteiger partial charge >= 0.3 is 5.97 Å². The number of esters is 1. The molecule has 2 unspecified atom stereocenters. The highest BCUT2D eigenvalue weighted by Crippen LogP contribution is 2.39. The standard InChI is InChI=1S/C13H21NO2/c1-12(2,3)16-11(15)10-6-5-7-13(4,8-10)9-14/h10H,5-8H2,1-4H3. The van der Waals surface area contributed by atoms with Crippen molar-refractivity contribution in [2.75, 3.05) is 0 Å². The Morgan fingerprint density at radius 1 is 1.50 bits per heavy atom. The monoisotopic (exact) mass is 223 g/mol. The minimum Gasteiger partial charge on any atom is -0.460 e. The van der Waals surface area contributed by atoms with Gasteiger partial charge in [0.25, 0.3) is 0 Å². The Bertz CT molecular complexity index is 311.